The van der Waals surface area contributed by atoms with Crippen molar-refractivity contribution in [3.8, 4) is 11.3 Å². The third-order valence-corrected chi connectivity index (χ3v) is 6.91. The normalized spacial score (nSPS) is 20.2. The Balaban J connectivity index is 1.09. The predicted molar refractivity (Wildman–Crippen MR) is 127 cm³/mol. The summed E-state index contributed by atoms with van der Waals surface area (Å²) in [6.07, 6.45) is 7.35. The molecule has 33 heavy (non-hydrogen) atoms. The number of rotatable bonds is 6. The molecule has 2 aromatic heterocycles. The molecule has 1 spiro atoms. The Morgan fingerprint density at radius 3 is 2.82 bits per heavy atom. The van der Waals surface area contributed by atoms with Crippen LogP contribution in [0, 0.1) is 0 Å². The van der Waals surface area contributed by atoms with E-state index in [1.807, 2.05) is 36.4 Å². The fraction of sp³-hybridized carbons (Fsp3) is 0.385. The molecule has 1 amide bonds. The minimum absolute atomic E-state index is 0.0602. The minimum atomic E-state index is -0.0990. The number of halogens is 1. The van der Waals surface area contributed by atoms with Gasteiger partial charge in [0, 0.05) is 42.6 Å². The van der Waals surface area contributed by atoms with E-state index in [1.165, 1.54) is 0 Å². The lowest BCUT2D eigenvalue weighted by molar-refractivity contribution is -0.0770. The molecule has 0 aliphatic carbocycles. The Morgan fingerprint density at radius 2 is 2.03 bits per heavy atom. The maximum Gasteiger partial charge on any atom is 0.252 e. The number of benzene rings is 1. The maximum absolute atomic E-state index is 12.3. The van der Waals surface area contributed by atoms with Crippen molar-refractivity contribution in [1.29, 1.82) is 0 Å². The minimum Gasteiger partial charge on any atom is -0.460 e. The van der Waals surface area contributed by atoms with E-state index in [0.717, 1.165) is 62.4 Å². The molecule has 172 valence electrons. The highest BCUT2D eigenvalue weighted by Gasteiger charge is 2.42. The van der Waals surface area contributed by atoms with E-state index in [2.05, 4.69) is 15.2 Å². The van der Waals surface area contributed by atoms with Crippen LogP contribution in [0.3, 0.4) is 0 Å². The molecule has 4 heterocycles. The zero-order chi connectivity index (χ0) is 22.7. The van der Waals surface area contributed by atoms with Crippen LogP contribution in [0.5, 0.6) is 0 Å². The number of furan rings is 1. The fourth-order valence-electron chi connectivity index (χ4n) is 4.81. The summed E-state index contributed by atoms with van der Waals surface area (Å²) in [6.45, 7) is 3.28. The summed E-state index contributed by atoms with van der Waals surface area (Å²) < 4.78 is 12.5. The molecule has 2 aliphatic rings. The summed E-state index contributed by atoms with van der Waals surface area (Å²) in [6, 6.07) is 15.3. The number of nitrogens with one attached hydrogen (secondary N) is 1. The topological polar surface area (TPSA) is 67.6 Å². The molecule has 7 heteroatoms. The second-order valence-electron chi connectivity index (χ2n) is 8.97. The number of piperidine rings is 1. The van der Waals surface area contributed by atoms with Crippen LogP contribution < -0.4 is 5.32 Å². The third kappa shape index (κ3) is 5.29. The van der Waals surface area contributed by atoms with Gasteiger partial charge >= 0.3 is 0 Å². The van der Waals surface area contributed by atoms with Gasteiger partial charge in [-0.1, -0.05) is 23.7 Å². The Bertz CT molecular complexity index is 1090. The highest BCUT2D eigenvalue weighted by Crippen LogP contribution is 2.39. The van der Waals surface area contributed by atoms with Crippen LogP contribution >= 0.6 is 11.6 Å². The molecule has 1 aromatic carbocycles. The number of carbonyl (C=O) groups excluding carboxylic acids is 1. The molecule has 6 nitrogen and oxygen atoms in total. The molecule has 2 fully saturated rings. The predicted octanol–water partition coefficient (Wildman–Crippen LogP) is 4.94. The van der Waals surface area contributed by atoms with Crippen molar-refractivity contribution < 1.29 is 13.9 Å². The van der Waals surface area contributed by atoms with Crippen molar-refractivity contribution in [2.45, 2.75) is 43.9 Å². The number of amides is 1. The maximum atomic E-state index is 12.3. The first kappa shape index (κ1) is 22.1. The number of hydrogen-bond donors (Lipinski definition) is 1. The lowest BCUT2D eigenvalue weighted by Crippen LogP contribution is -2.44. The highest BCUT2D eigenvalue weighted by atomic mass is 35.5. The molecule has 1 N–H and O–H groups in total. The van der Waals surface area contributed by atoms with E-state index >= 15 is 0 Å². The first-order chi connectivity index (χ1) is 16.1. The second kappa shape index (κ2) is 9.67. The van der Waals surface area contributed by atoms with E-state index in [-0.39, 0.29) is 17.6 Å². The second-order valence-corrected chi connectivity index (χ2v) is 9.40. The SMILES string of the molecule is O=C(NCC1CCC2(CCN(Cc3ccc(-c4cccc(Cl)c4)o3)CC2)O1)c1cccnc1. The van der Waals surface area contributed by atoms with Crippen molar-refractivity contribution in [2.24, 2.45) is 0 Å². The summed E-state index contributed by atoms with van der Waals surface area (Å²) >= 11 is 6.11. The molecule has 5 rings (SSSR count). The van der Waals surface area contributed by atoms with Crippen molar-refractivity contribution in [1.82, 2.24) is 15.2 Å². The van der Waals surface area contributed by atoms with Gasteiger partial charge in [0.2, 0.25) is 0 Å². The first-order valence-electron chi connectivity index (χ1n) is 11.5. The molecular formula is C26H28ClN3O3. The highest BCUT2D eigenvalue weighted by molar-refractivity contribution is 6.30. The van der Waals surface area contributed by atoms with Crippen LogP contribution in [-0.2, 0) is 11.3 Å². The number of carbonyl (C=O) groups is 1. The van der Waals surface area contributed by atoms with Crippen molar-refractivity contribution >= 4 is 17.5 Å². The van der Waals surface area contributed by atoms with Gasteiger partial charge in [-0.2, -0.15) is 0 Å². The molecule has 1 atom stereocenters. The zero-order valence-electron chi connectivity index (χ0n) is 18.5. The summed E-state index contributed by atoms with van der Waals surface area (Å²) in [4.78, 5) is 18.7. The molecule has 0 saturated carbocycles. The van der Waals surface area contributed by atoms with E-state index in [9.17, 15) is 4.79 Å². The van der Waals surface area contributed by atoms with E-state index < -0.39 is 0 Å². The summed E-state index contributed by atoms with van der Waals surface area (Å²) in [5.74, 6) is 1.71. The van der Waals surface area contributed by atoms with Gasteiger partial charge < -0.3 is 14.5 Å². The van der Waals surface area contributed by atoms with Crippen LogP contribution in [0.25, 0.3) is 11.3 Å². The molecule has 0 bridgehead atoms. The lowest BCUT2D eigenvalue weighted by atomic mass is 9.88. The van der Waals surface area contributed by atoms with Gasteiger partial charge in [0.25, 0.3) is 5.91 Å². The number of pyridine rings is 1. The number of likely N-dealkylation sites (tertiary alicyclic amines) is 1. The van der Waals surface area contributed by atoms with E-state index in [4.69, 9.17) is 20.8 Å². The smallest absolute Gasteiger partial charge is 0.252 e. The fourth-order valence-corrected chi connectivity index (χ4v) is 5.00. The number of nitrogens with zero attached hydrogens (tertiary/aromatic N) is 2. The Hall–Kier alpha value is -2.67. The monoisotopic (exact) mass is 465 g/mol. The lowest BCUT2D eigenvalue weighted by Gasteiger charge is -2.39. The van der Waals surface area contributed by atoms with Crippen LogP contribution in [0.1, 0.15) is 41.8 Å². The van der Waals surface area contributed by atoms with Crippen LogP contribution in [0.2, 0.25) is 5.02 Å². The van der Waals surface area contributed by atoms with E-state index in [0.29, 0.717) is 17.1 Å². The molecule has 2 aliphatic heterocycles. The van der Waals surface area contributed by atoms with Crippen LogP contribution in [-0.4, -0.2) is 47.1 Å². The Labute approximate surface area is 198 Å². The molecule has 1 unspecified atom stereocenters. The molecular weight excluding hydrogens is 438 g/mol. The number of ether oxygens (including phenoxy) is 1. The molecule has 0 radical (unpaired) electrons. The summed E-state index contributed by atoms with van der Waals surface area (Å²) in [5.41, 5.74) is 1.51. The first-order valence-corrected chi connectivity index (χ1v) is 11.9. The van der Waals surface area contributed by atoms with Crippen LogP contribution in [0.4, 0.5) is 0 Å². The third-order valence-electron chi connectivity index (χ3n) is 6.67. The number of hydrogen-bond acceptors (Lipinski definition) is 5. The van der Waals surface area contributed by atoms with Crippen molar-refractivity contribution in [3.63, 3.8) is 0 Å². The van der Waals surface area contributed by atoms with Gasteiger partial charge in [0.15, 0.2) is 0 Å². The largest absolute Gasteiger partial charge is 0.460 e. The van der Waals surface area contributed by atoms with Crippen molar-refractivity contribution in [3.05, 3.63) is 77.3 Å². The standard InChI is InChI=1S/C26H28ClN3O3/c27-21-5-1-3-19(15-21)24-7-6-23(32-24)18-30-13-10-26(11-14-30)9-8-22(33-26)17-29-25(31)20-4-2-12-28-16-20/h1-7,12,15-16,22H,8-11,13-14,17-18H2,(H,29,31). The van der Waals surface area contributed by atoms with Gasteiger partial charge in [-0.05, 0) is 62.1 Å². The number of aromatic nitrogens is 1. The van der Waals surface area contributed by atoms with Crippen LogP contribution in [0.15, 0.2) is 65.3 Å². The van der Waals surface area contributed by atoms with Gasteiger partial charge in [-0.15, -0.1) is 0 Å². The Kier molecular flexibility index (Phi) is 6.49. The zero-order valence-corrected chi connectivity index (χ0v) is 19.3. The Morgan fingerprint density at radius 1 is 1.15 bits per heavy atom. The molecule has 3 aromatic rings. The van der Waals surface area contributed by atoms with Gasteiger partial charge in [0.1, 0.15) is 11.5 Å². The van der Waals surface area contributed by atoms with Gasteiger partial charge in [-0.25, -0.2) is 0 Å². The quantitative estimate of drug-likeness (QED) is 0.558. The van der Waals surface area contributed by atoms with E-state index in [1.54, 1.807) is 24.5 Å². The molecule has 2 saturated heterocycles. The van der Waals surface area contributed by atoms with Gasteiger partial charge in [0.05, 0.1) is 23.8 Å². The van der Waals surface area contributed by atoms with Gasteiger partial charge in [-0.3, -0.25) is 14.7 Å². The average molecular weight is 466 g/mol. The summed E-state index contributed by atoms with van der Waals surface area (Å²) in [5, 5.41) is 3.70. The average Bonchev–Trinajstić information content (AvgIpc) is 3.47. The summed E-state index contributed by atoms with van der Waals surface area (Å²) in [7, 11) is 0. The van der Waals surface area contributed by atoms with Crippen molar-refractivity contribution in [2.75, 3.05) is 19.6 Å².